The second-order valence-corrected chi connectivity index (χ2v) is 7.31. The van der Waals surface area contributed by atoms with Crippen LogP contribution in [0.3, 0.4) is 0 Å². The summed E-state index contributed by atoms with van der Waals surface area (Å²) in [6.45, 7) is 5.50. The molecule has 1 aromatic rings. The van der Waals surface area contributed by atoms with E-state index in [2.05, 4.69) is 0 Å². The SMILES string of the molecule is CC(=O)O[C@@H]1[C@@H](OC(C)=O)[C@H](C)O[C@@H](SCc2ccccc2)[C@@H]1OC(C)=O. The molecule has 1 heterocycles. The van der Waals surface area contributed by atoms with Crippen LogP contribution in [0, 0.1) is 0 Å². The maximum Gasteiger partial charge on any atom is 0.303 e. The predicted octanol–water partition coefficient (Wildman–Crippen LogP) is 2.46. The van der Waals surface area contributed by atoms with E-state index in [4.69, 9.17) is 18.9 Å². The Kier molecular flexibility index (Phi) is 7.67. The molecule has 0 unspecified atom stereocenters. The first-order valence-corrected chi connectivity index (χ1v) is 9.65. The fraction of sp³-hybridized carbons (Fsp3) is 0.526. The van der Waals surface area contributed by atoms with E-state index >= 15 is 0 Å². The summed E-state index contributed by atoms with van der Waals surface area (Å²) in [6, 6.07) is 9.75. The molecule has 0 N–H and O–H groups in total. The largest absolute Gasteiger partial charge is 0.456 e. The molecule has 0 aliphatic carbocycles. The van der Waals surface area contributed by atoms with Crippen molar-refractivity contribution < 1.29 is 33.3 Å². The molecule has 1 saturated heterocycles. The highest BCUT2D eigenvalue weighted by Crippen LogP contribution is 2.35. The van der Waals surface area contributed by atoms with Gasteiger partial charge in [-0.25, -0.2) is 0 Å². The van der Waals surface area contributed by atoms with E-state index in [0.717, 1.165) is 5.56 Å². The van der Waals surface area contributed by atoms with Gasteiger partial charge in [-0.1, -0.05) is 30.3 Å². The minimum atomic E-state index is -0.952. The molecule has 0 spiro atoms. The summed E-state index contributed by atoms with van der Waals surface area (Å²) in [5.74, 6) is -1.02. The van der Waals surface area contributed by atoms with Gasteiger partial charge in [0.05, 0.1) is 6.10 Å². The summed E-state index contributed by atoms with van der Waals surface area (Å²) in [5.41, 5.74) is 0.492. The van der Waals surface area contributed by atoms with Gasteiger partial charge in [-0.05, 0) is 12.5 Å². The fourth-order valence-corrected chi connectivity index (χ4v) is 4.06. The van der Waals surface area contributed by atoms with E-state index in [1.807, 2.05) is 30.3 Å². The van der Waals surface area contributed by atoms with Crippen LogP contribution in [0.15, 0.2) is 30.3 Å². The maximum atomic E-state index is 11.6. The zero-order valence-electron chi connectivity index (χ0n) is 15.7. The molecule has 0 amide bonds. The lowest BCUT2D eigenvalue weighted by Crippen LogP contribution is -2.59. The predicted molar refractivity (Wildman–Crippen MR) is 98.7 cm³/mol. The van der Waals surface area contributed by atoms with Crippen molar-refractivity contribution in [1.29, 1.82) is 0 Å². The van der Waals surface area contributed by atoms with Crippen molar-refractivity contribution in [3.8, 4) is 0 Å². The van der Waals surface area contributed by atoms with Crippen LogP contribution in [0.25, 0.3) is 0 Å². The highest BCUT2D eigenvalue weighted by Gasteiger charge is 2.50. The summed E-state index contributed by atoms with van der Waals surface area (Å²) in [4.78, 5) is 34.7. The number of esters is 3. The molecule has 0 bridgehead atoms. The third kappa shape index (κ3) is 6.25. The van der Waals surface area contributed by atoms with Gasteiger partial charge in [-0.15, -0.1) is 11.8 Å². The molecule has 0 aromatic heterocycles. The van der Waals surface area contributed by atoms with Crippen molar-refractivity contribution in [2.24, 2.45) is 0 Å². The van der Waals surface area contributed by atoms with Gasteiger partial charge in [0.2, 0.25) is 0 Å². The quantitative estimate of drug-likeness (QED) is 0.535. The van der Waals surface area contributed by atoms with Crippen LogP contribution in [0.2, 0.25) is 0 Å². The van der Waals surface area contributed by atoms with E-state index in [-0.39, 0.29) is 0 Å². The number of hydrogen-bond donors (Lipinski definition) is 0. The van der Waals surface area contributed by atoms with Gasteiger partial charge < -0.3 is 18.9 Å². The highest BCUT2D eigenvalue weighted by molar-refractivity contribution is 7.99. The number of carbonyl (C=O) groups is 3. The van der Waals surface area contributed by atoms with Gasteiger partial charge in [-0.3, -0.25) is 14.4 Å². The number of rotatable bonds is 6. The van der Waals surface area contributed by atoms with Crippen molar-refractivity contribution in [2.75, 3.05) is 0 Å². The Morgan fingerprint density at radius 2 is 1.41 bits per heavy atom. The molecule has 7 nitrogen and oxygen atoms in total. The van der Waals surface area contributed by atoms with E-state index < -0.39 is 47.8 Å². The van der Waals surface area contributed by atoms with Crippen LogP contribution in [-0.4, -0.2) is 47.8 Å². The fourth-order valence-electron chi connectivity index (χ4n) is 2.86. The number of benzene rings is 1. The average Bonchev–Trinajstić information content (AvgIpc) is 2.59. The second kappa shape index (κ2) is 9.75. The van der Waals surface area contributed by atoms with Crippen LogP contribution in [-0.2, 0) is 39.1 Å². The van der Waals surface area contributed by atoms with E-state index in [0.29, 0.717) is 5.75 Å². The number of ether oxygens (including phenoxy) is 4. The monoisotopic (exact) mass is 396 g/mol. The minimum absolute atomic E-state index is 0.537. The van der Waals surface area contributed by atoms with E-state index in [1.54, 1.807) is 6.92 Å². The number of carbonyl (C=O) groups excluding carboxylic acids is 3. The lowest BCUT2D eigenvalue weighted by Gasteiger charge is -2.43. The molecule has 8 heteroatoms. The topological polar surface area (TPSA) is 88.1 Å². The highest BCUT2D eigenvalue weighted by atomic mass is 32.2. The van der Waals surface area contributed by atoms with Crippen molar-refractivity contribution >= 4 is 29.7 Å². The van der Waals surface area contributed by atoms with Gasteiger partial charge in [0, 0.05) is 26.5 Å². The van der Waals surface area contributed by atoms with Gasteiger partial charge in [0.15, 0.2) is 18.3 Å². The van der Waals surface area contributed by atoms with Gasteiger partial charge >= 0.3 is 17.9 Å². The molecule has 5 atom stereocenters. The van der Waals surface area contributed by atoms with Crippen LogP contribution < -0.4 is 0 Å². The Morgan fingerprint density at radius 1 is 0.889 bits per heavy atom. The molecule has 148 valence electrons. The standard InChI is InChI=1S/C19H24O7S/c1-11-16(24-12(2)20)17(25-13(3)21)18(26-14(4)22)19(23-11)27-10-15-8-6-5-7-9-15/h5-9,11,16-19H,10H2,1-4H3/t11-,16-,17+,18+,19-/m0/s1. The van der Waals surface area contributed by atoms with Crippen molar-refractivity contribution in [3.63, 3.8) is 0 Å². The number of hydrogen-bond acceptors (Lipinski definition) is 8. The first-order valence-electron chi connectivity index (χ1n) is 8.60. The van der Waals surface area contributed by atoms with Crippen LogP contribution >= 0.6 is 11.8 Å². The summed E-state index contributed by atoms with van der Waals surface area (Å²) < 4.78 is 22.1. The molecule has 27 heavy (non-hydrogen) atoms. The molecule has 0 saturated carbocycles. The van der Waals surface area contributed by atoms with Gasteiger partial charge in [0.1, 0.15) is 5.44 Å². The van der Waals surface area contributed by atoms with Crippen LogP contribution in [0.5, 0.6) is 0 Å². The average molecular weight is 396 g/mol. The van der Waals surface area contributed by atoms with Crippen LogP contribution in [0.1, 0.15) is 33.3 Å². The molecule has 1 aliphatic heterocycles. The smallest absolute Gasteiger partial charge is 0.303 e. The lowest BCUT2D eigenvalue weighted by molar-refractivity contribution is -0.229. The van der Waals surface area contributed by atoms with E-state index in [9.17, 15) is 14.4 Å². The molecule has 0 radical (unpaired) electrons. The maximum absolute atomic E-state index is 11.6. The Balaban J connectivity index is 2.24. The Morgan fingerprint density at radius 3 is 1.96 bits per heavy atom. The normalized spacial score (nSPS) is 27.5. The Labute approximate surface area is 162 Å². The van der Waals surface area contributed by atoms with Crippen molar-refractivity contribution in [3.05, 3.63) is 35.9 Å². The Bertz CT molecular complexity index is 663. The summed E-state index contributed by atoms with van der Waals surface area (Å²) in [7, 11) is 0. The molecular weight excluding hydrogens is 372 g/mol. The summed E-state index contributed by atoms with van der Waals surface area (Å²) in [6.07, 6.45) is -3.27. The van der Waals surface area contributed by atoms with Crippen LogP contribution in [0.4, 0.5) is 0 Å². The van der Waals surface area contributed by atoms with Crippen molar-refractivity contribution in [1.82, 2.24) is 0 Å². The molecule has 1 aromatic carbocycles. The van der Waals surface area contributed by atoms with E-state index in [1.165, 1.54) is 32.5 Å². The zero-order chi connectivity index (χ0) is 20.0. The zero-order valence-corrected chi connectivity index (χ0v) is 16.6. The summed E-state index contributed by atoms with van der Waals surface area (Å²) >= 11 is 1.42. The number of thioether (sulfide) groups is 1. The third-order valence-electron chi connectivity index (χ3n) is 3.89. The summed E-state index contributed by atoms with van der Waals surface area (Å²) in [5, 5.41) is 0. The Hall–Kier alpha value is -2.06. The molecule has 1 fully saturated rings. The first-order chi connectivity index (χ1) is 12.8. The molecule has 1 aliphatic rings. The second-order valence-electron chi connectivity index (χ2n) is 6.23. The molecular formula is C19H24O7S. The first kappa shape index (κ1) is 21.2. The molecule has 2 rings (SSSR count). The third-order valence-corrected chi connectivity index (χ3v) is 5.10. The van der Waals surface area contributed by atoms with Crippen molar-refractivity contribution in [2.45, 2.75) is 63.3 Å². The van der Waals surface area contributed by atoms with Gasteiger partial charge in [-0.2, -0.15) is 0 Å². The van der Waals surface area contributed by atoms with Gasteiger partial charge in [0.25, 0.3) is 0 Å². The minimum Gasteiger partial charge on any atom is -0.456 e. The lowest BCUT2D eigenvalue weighted by atomic mass is 10.00.